The van der Waals surface area contributed by atoms with Crippen molar-refractivity contribution in [2.75, 3.05) is 0 Å². The maximum Gasteiger partial charge on any atom is 0.264 e. The van der Waals surface area contributed by atoms with Crippen molar-refractivity contribution in [1.29, 1.82) is 5.26 Å². The molecule has 0 unspecified atom stereocenters. The maximum atomic E-state index is 8.80. The molecule has 0 saturated carbocycles. The van der Waals surface area contributed by atoms with E-state index < -0.39 is 0 Å². The van der Waals surface area contributed by atoms with Gasteiger partial charge in [0.25, 0.3) is 5.89 Å². The van der Waals surface area contributed by atoms with Crippen molar-refractivity contribution in [1.82, 2.24) is 10.1 Å². The summed E-state index contributed by atoms with van der Waals surface area (Å²) in [5, 5.41) is 13.1. The fourth-order valence-electron chi connectivity index (χ4n) is 2.03. The maximum absolute atomic E-state index is 8.80. The first-order chi connectivity index (χ1) is 11.2. The standard InChI is InChI=1S/C17H12ClN3O2/c18-14-8-13(10-19)6-7-15(14)22-11-17-20-16(21-23-17)9-12-4-2-1-3-5-12/h1-8H,9,11H2. The van der Waals surface area contributed by atoms with E-state index in [2.05, 4.69) is 10.1 Å². The van der Waals surface area contributed by atoms with Gasteiger partial charge in [0.15, 0.2) is 12.4 Å². The summed E-state index contributed by atoms with van der Waals surface area (Å²) in [4.78, 5) is 4.29. The van der Waals surface area contributed by atoms with Crippen molar-refractivity contribution in [3.05, 3.63) is 76.4 Å². The number of rotatable bonds is 5. The highest BCUT2D eigenvalue weighted by Crippen LogP contribution is 2.25. The molecule has 0 bridgehead atoms. The van der Waals surface area contributed by atoms with Crippen LogP contribution in [0.15, 0.2) is 53.1 Å². The van der Waals surface area contributed by atoms with Crippen molar-refractivity contribution in [3.63, 3.8) is 0 Å². The van der Waals surface area contributed by atoms with Crippen LogP contribution in [0.4, 0.5) is 0 Å². The van der Waals surface area contributed by atoms with E-state index in [0.717, 1.165) is 5.56 Å². The molecule has 0 aliphatic carbocycles. The van der Waals surface area contributed by atoms with E-state index in [0.29, 0.717) is 34.5 Å². The second kappa shape index (κ2) is 6.95. The third-order valence-corrected chi connectivity index (χ3v) is 3.42. The molecule has 0 fully saturated rings. The highest BCUT2D eigenvalue weighted by atomic mass is 35.5. The number of hydrogen-bond donors (Lipinski definition) is 0. The van der Waals surface area contributed by atoms with Crippen LogP contribution >= 0.6 is 11.6 Å². The predicted molar refractivity (Wildman–Crippen MR) is 84.0 cm³/mol. The molecule has 0 aliphatic heterocycles. The first-order valence-electron chi connectivity index (χ1n) is 6.92. The highest BCUT2D eigenvalue weighted by Gasteiger charge is 2.09. The Balaban J connectivity index is 1.62. The van der Waals surface area contributed by atoms with E-state index in [1.807, 2.05) is 36.4 Å². The van der Waals surface area contributed by atoms with Gasteiger partial charge >= 0.3 is 0 Å². The van der Waals surface area contributed by atoms with Gasteiger partial charge in [0.2, 0.25) is 0 Å². The zero-order valence-corrected chi connectivity index (χ0v) is 12.8. The molecule has 0 saturated heterocycles. The first-order valence-corrected chi connectivity index (χ1v) is 7.30. The average molecular weight is 326 g/mol. The molecule has 114 valence electrons. The third-order valence-electron chi connectivity index (χ3n) is 3.13. The molecule has 0 amide bonds. The number of halogens is 1. The predicted octanol–water partition coefficient (Wildman–Crippen LogP) is 3.76. The molecule has 0 atom stereocenters. The smallest absolute Gasteiger partial charge is 0.264 e. The van der Waals surface area contributed by atoms with E-state index in [4.69, 9.17) is 26.1 Å². The molecule has 0 aliphatic rings. The molecule has 1 heterocycles. The summed E-state index contributed by atoms with van der Waals surface area (Å²) in [6.07, 6.45) is 0.599. The van der Waals surface area contributed by atoms with Gasteiger partial charge in [-0.3, -0.25) is 0 Å². The Morgan fingerprint density at radius 3 is 2.74 bits per heavy atom. The number of benzene rings is 2. The van der Waals surface area contributed by atoms with E-state index in [1.165, 1.54) is 0 Å². The van der Waals surface area contributed by atoms with Gasteiger partial charge in [0.05, 0.1) is 16.7 Å². The van der Waals surface area contributed by atoms with Crippen LogP contribution in [0.5, 0.6) is 5.75 Å². The Hall–Kier alpha value is -2.84. The Morgan fingerprint density at radius 1 is 1.17 bits per heavy atom. The van der Waals surface area contributed by atoms with E-state index in [-0.39, 0.29) is 6.61 Å². The number of aromatic nitrogens is 2. The SMILES string of the molecule is N#Cc1ccc(OCc2nc(Cc3ccccc3)no2)c(Cl)c1. The zero-order chi connectivity index (χ0) is 16.1. The normalized spacial score (nSPS) is 10.3. The Morgan fingerprint density at radius 2 is 2.00 bits per heavy atom. The summed E-state index contributed by atoms with van der Waals surface area (Å²) in [6, 6.07) is 16.7. The summed E-state index contributed by atoms with van der Waals surface area (Å²) >= 11 is 6.04. The van der Waals surface area contributed by atoms with Crippen LogP contribution < -0.4 is 4.74 Å². The summed E-state index contributed by atoms with van der Waals surface area (Å²) < 4.78 is 10.7. The van der Waals surface area contributed by atoms with Crippen molar-refractivity contribution in [2.24, 2.45) is 0 Å². The molecule has 1 aromatic heterocycles. The third kappa shape index (κ3) is 3.87. The average Bonchev–Trinajstić information content (AvgIpc) is 3.02. The molecule has 3 rings (SSSR count). The van der Waals surface area contributed by atoms with Gasteiger partial charge in [0, 0.05) is 6.42 Å². The molecule has 0 radical (unpaired) electrons. The lowest BCUT2D eigenvalue weighted by Gasteiger charge is -2.05. The minimum atomic E-state index is 0.118. The Labute approximate surface area is 138 Å². The fourth-order valence-corrected chi connectivity index (χ4v) is 2.26. The molecule has 23 heavy (non-hydrogen) atoms. The van der Waals surface area contributed by atoms with Crippen molar-refractivity contribution < 1.29 is 9.26 Å². The van der Waals surface area contributed by atoms with Gasteiger partial charge in [-0.1, -0.05) is 47.1 Å². The largest absolute Gasteiger partial charge is 0.482 e. The molecule has 0 spiro atoms. The summed E-state index contributed by atoms with van der Waals surface area (Å²) in [5.74, 6) is 1.44. The van der Waals surface area contributed by atoms with Crippen LogP contribution in [0, 0.1) is 11.3 Å². The summed E-state index contributed by atoms with van der Waals surface area (Å²) in [5.41, 5.74) is 1.58. The van der Waals surface area contributed by atoms with Crippen LogP contribution in [-0.2, 0) is 13.0 Å². The van der Waals surface area contributed by atoms with Gasteiger partial charge < -0.3 is 9.26 Å². The topological polar surface area (TPSA) is 71.9 Å². The monoisotopic (exact) mass is 325 g/mol. The van der Waals surface area contributed by atoms with Gasteiger partial charge in [0.1, 0.15) is 5.75 Å². The van der Waals surface area contributed by atoms with Crippen LogP contribution in [0.1, 0.15) is 22.8 Å². The van der Waals surface area contributed by atoms with Gasteiger partial charge in [-0.15, -0.1) is 0 Å². The second-order valence-electron chi connectivity index (χ2n) is 4.81. The van der Waals surface area contributed by atoms with Crippen molar-refractivity contribution >= 4 is 11.6 Å². The van der Waals surface area contributed by atoms with E-state index in [9.17, 15) is 0 Å². The number of nitriles is 1. The quantitative estimate of drug-likeness (QED) is 0.714. The lowest BCUT2D eigenvalue weighted by atomic mass is 10.1. The molecular weight excluding hydrogens is 314 g/mol. The minimum absolute atomic E-state index is 0.118. The lowest BCUT2D eigenvalue weighted by molar-refractivity contribution is 0.242. The van der Waals surface area contributed by atoms with Crippen LogP contribution in [-0.4, -0.2) is 10.1 Å². The van der Waals surface area contributed by atoms with Crippen molar-refractivity contribution in [2.45, 2.75) is 13.0 Å². The molecule has 0 N–H and O–H groups in total. The van der Waals surface area contributed by atoms with Crippen LogP contribution in [0.25, 0.3) is 0 Å². The number of nitrogens with zero attached hydrogens (tertiary/aromatic N) is 3. The number of ether oxygens (including phenoxy) is 1. The highest BCUT2D eigenvalue weighted by molar-refractivity contribution is 6.32. The van der Waals surface area contributed by atoms with Crippen molar-refractivity contribution in [3.8, 4) is 11.8 Å². The van der Waals surface area contributed by atoms with Crippen LogP contribution in [0.2, 0.25) is 5.02 Å². The number of hydrogen-bond acceptors (Lipinski definition) is 5. The Bertz CT molecular complexity index is 841. The molecule has 5 nitrogen and oxygen atoms in total. The minimum Gasteiger partial charge on any atom is -0.482 e. The first kappa shape index (κ1) is 15.1. The lowest BCUT2D eigenvalue weighted by Crippen LogP contribution is -1.97. The van der Waals surface area contributed by atoms with E-state index in [1.54, 1.807) is 18.2 Å². The molecule has 3 aromatic rings. The fraction of sp³-hybridized carbons (Fsp3) is 0.118. The molecular formula is C17H12ClN3O2. The van der Waals surface area contributed by atoms with Gasteiger partial charge in [-0.25, -0.2) is 0 Å². The van der Waals surface area contributed by atoms with Crippen LogP contribution in [0.3, 0.4) is 0 Å². The van der Waals surface area contributed by atoms with E-state index >= 15 is 0 Å². The molecule has 2 aromatic carbocycles. The molecule has 6 heteroatoms. The van der Waals surface area contributed by atoms with Gasteiger partial charge in [-0.05, 0) is 23.8 Å². The summed E-state index contributed by atoms with van der Waals surface area (Å²) in [6.45, 7) is 0.118. The summed E-state index contributed by atoms with van der Waals surface area (Å²) in [7, 11) is 0. The zero-order valence-electron chi connectivity index (χ0n) is 12.1. The Kier molecular flexibility index (Phi) is 4.55. The van der Waals surface area contributed by atoms with Gasteiger partial charge in [-0.2, -0.15) is 10.2 Å². The second-order valence-corrected chi connectivity index (χ2v) is 5.22.